The van der Waals surface area contributed by atoms with Gasteiger partial charge in [-0.2, -0.15) is 0 Å². The van der Waals surface area contributed by atoms with E-state index in [1.807, 2.05) is 6.20 Å². The maximum absolute atomic E-state index is 4.31. The minimum atomic E-state index is 0.849. The summed E-state index contributed by atoms with van der Waals surface area (Å²) in [5, 5.41) is 0. The van der Waals surface area contributed by atoms with E-state index in [0.29, 0.717) is 0 Å². The van der Waals surface area contributed by atoms with Gasteiger partial charge in [0, 0.05) is 6.20 Å². The summed E-state index contributed by atoms with van der Waals surface area (Å²) in [5.41, 5.74) is 1.23. The molecule has 0 spiro atoms. The monoisotopic (exact) mass is 192 g/mol. The SMILES string of the molecule is CC1CCCC(Cc2c[nH]cn2)C1C. The Bertz CT molecular complexity index is 266. The molecule has 3 unspecified atom stereocenters. The minimum Gasteiger partial charge on any atom is -0.351 e. The van der Waals surface area contributed by atoms with E-state index >= 15 is 0 Å². The summed E-state index contributed by atoms with van der Waals surface area (Å²) in [7, 11) is 0. The van der Waals surface area contributed by atoms with Crippen molar-refractivity contribution in [2.75, 3.05) is 0 Å². The molecule has 2 heteroatoms. The summed E-state index contributed by atoms with van der Waals surface area (Å²) < 4.78 is 0. The largest absolute Gasteiger partial charge is 0.351 e. The average Bonchev–Trinajstić information content (AvgIpc) is 2.66. The molecule has 1 saturated carbocycles. The van der Waals surface area contributed by atoms with E-state index in [2.05, 4.69) is 23.8 Å². The third kappa shape index (κ3) is 1.99. The first-order chi connectivity index (χ1) is 6.77. The van der Waals surface area contributed by atoms with Crippen LogP contribution in [0.15, 0.2) is 12.5 Å². The molecule has 0 radical (unpaired) electrons. The molecule has 2 nitrogen and oxygen atoms in total. The van der Waals surface area contributed by atoms with Crippen molar-refractivity contribution in [3.63, 3.8) is 0 Å². The fraction of sp³-hybridized carbons (Fsp3) is 0.750. The highest BCUT2D eigenvalue weighted by Crippen LogP contribution is 2.35. The van der Waals surface area contributed by atoms with Gasteiger partial charge in [-0.1, -0.05) is 26.7 Å². The van der Waals surface area contributed by atoms with E-state index in [4.69, 9.17) is 0 Å². The van der Waals surface area contributed by atoms with Crippen LogP contribution in [0.25, 0.3) is 0 Å². The van der Waals surface area contributed by atoms with Gasteiger partial charge in [0.05, 0.1) is 12.0 Å². The van der Waals surface area contributed by atoms with Crippen molar-refractivity contribution in [3.05, 3.63) is 18.2 Å². The van der Waals surface area contributed by atoms with Crippen molar-refractivity contribution in [3.8, 4) is 0 Å². The van der Waals surface area contributed by atoms with Gasteiger partial charge in [-0.25, -0.2) is 4.98 Å². The second-order valence-electron chi connectivity index (χ2n) is 4.79. The van der Waals surface area contributed by atoms with Gasteiger partial charge in [0.2, 0.25) is 0 Å². The van der Waals surface area contributed by atoms with E-state index in [1.165, 1.54) is 25.0 Å². The molecule has 1 aliphatic rings. The molecule has 1 fully saturated rings. The van der Waals surface area contributed by atoms with Crippen LogP contribution in [-0.4, -0.2) is 9.97 Å². The van der Waals surface area contributed by atoms with Crippen molar-refractivity contribution in [2.24, 2.45) is 17.8 Å². The summed E-state index contributed by atoms with van der Waals surface area (Å²) in [6, 6.07) is 0. The molecule has 1 aromatic heterocycles. The molecule has 14 heavy (non-hydrogen) atoms. The standard InChI is InChI=1S/C12H20N2/c1-9-4-3-5-11(10(9)2)6-12-7-13-8-14-12/h7-11H,3-6H2,1-2H3,(H,13,14). The van der Waals surface area contributed by atoms with E-state index < -0.39 is 0 Å². The zero-order valence-electron chi connectivity index (χ0n) is 9.16. The van der Waals surface area contributed by atoms with Crippen LogP contribution in [-0.2, 0) is 6.42 Å². The minimum absolute atomic E-state index is 0.849. The lowest BCUT2D eigenvalue weighted by atomic mass is 9.72. The van der Waals surface area contributed by atoms with Crippen LogP contribution < -0.4 is 0 Å². The van der Waals surface area contributed by atoms with Gasteiger partial charge < -0.3 is 4.98 Å². The molecule has 1 aromatic rings. The van der Waals surface area contributed by atoms with Crippen LogP contribution in [0.5, 0.6) is 0 Å². The smallest absolute Gasteiger partial charge is 0.0923 e. The fourth-order valence-corrected chi connectivity index (χ4v) is 2.65. The summed E-state index contributed by atoms with van der Waals surface area (Å²) in [6.07, 6.45) is 9.18. The summed E-state index contributed by atoms with van der Waals surface area (Å²) in [4.78, 5) is 7.35. The summed E-state index contributed by atoms with van der Waals surface area (Å²) >= 11 is 0. The van der Waals surface area contributed by atoms with Crippen LogP contribution in [0.4, 0.5) is 0 Å². The topological polar surface area (TPSA) is 28.7 Å². The number of aromatic amines is 1. The van der Waals surface area contributed by atoms with Gasteiger partial charge in [0.15, 0.2) is 0 Å². The normalized spacial score (nSPS) is 33.1. The first kappa shape index (κ1) is 9.75. The number of H-pyrrole nitrogens is 1. The molecule has 3 atom stereocenters. The second-order valence-corrected chi connectivity index (χ2v) is 4.79. The fourth-order valence-electron chi connectivity index (χ4n) is 2.65. The van der Waals surface area contributed by atoms with Crippen molar-refractivity contribution in [2.45, 2.75) is 39.5 Å². The van der Waals surface area contributed by atoms with Crippen LogP contribution in [0.1, 0.15) is 38.8 Å². The highest BCUT2D eigenvalue weighted by Gasteiger charge is 2.27. The Morgan fingerprint density at radius 3 is 3.00 bits per heavy atom. The summed E-state index contributed by atoms with van der Waals surface area (Å²) in [5.74, 6) is 2.61. The van der Waals surface area contributed by atoms with Gasteiger partial charge in [-0.05, 0) is 30.6 Å². The highest BCUT2D eigenvalue weighted by atomic mass is 14.9. The Morgan fingerprint density at radius 2 is 2.29 bits per heavy atom. The number of imidazole rings is 1. The molecule has 1 heterocycles. The lowest BCUT2D eigenvalue weighted by Crippen LogP contribution is -2.25. The Hall–Kier alpha value is -0.790. The highest BCUT2D eigenvalue weighted by molar-refractivity contribution is 4.97. The lowest BCUT2D eigenvalue weighted by molar-refractivity contribution is 0.180. The van der Waals surface area contributed by atoms with Crippen LogP contribution >= 0.6 is 0 Å². The molecular formula is C12H20N2. The maximum Gasteiger partial charge on any atom is 0.0923 e. The Morgan fingerprint density at radius 1 is 1.43 bits per heavy atom. The van der Waals surface area contributed by atoms with Crippen molar-refractivity contribution >= 4 is 0 Å². The van der Waals surface area contributed by atoms with E-state index in [0.717, 1.165) is 24.2 Å². The van der Waals surface area contributed by atoms with E-state index in [-0.39, 0.29) is 0 Å². The zero-order valence-corrected chi connectivity index (χ0v) is 9.16. The molecule has 2 rings (SSSR count). The van der Waals surface area contributed by atoms with Gasteiger partial charge in [0.1, 0.15) is 0 Å². The van der Waals surface area contributed by atoms with Crippen molar-refractivity contribution in [1.29, 1.82) is 0 Å². The molecule has 0 saturated heterocycles. The first-order valence-electron chi connectivity index (χ1n) is 5.75. The number of hydrogen-bond donors (Lipinski definition) is 1. The molecule has 0 aromatic carbocycles. The maximum atomic E-state index is 4.31. The Balaban J connectivity index is 1.97. The first-order valence-corrected chi connectivity index (χ1v) is 5.75. The predicted octanol–water partition coefficient (Wildman–Crippen LogP) is 3.02. The molecule has 0 amide bonds. The Labute approximate surface area is 86.1 Å². The van der Waals surface area contributed by atoms with Gasteiger partial charge in [-0.15, -0.1) is 0 Å². The second kappa shape index (κ2) is 4.16. The molecule has 1 aliphatic carbocycles. The van der Waals surface area contributed by atoms with E-state index in [1.54, 1.807) is 6.33 Å². The molecule has 78 valence electrons. The van der Waals surface area contributed by atoms with Crippen molar-refractivity contribution in [1.82, 2.24) is 9.97 Å². The van der Waals surface area contributed by atoms with Gasteiger partial charge in [-0.3, -0.25) is 0 Å². The third-order valence-electron chi connectivity index (χ3n) is 3.90. The Kier molecular flexibility index (Phi) is 2.90. The van der Waals surface area contributed by atoms with Crippen molar-refractivity contribution < 1.29 is 0 Å². The number of rotatable bonds is 2. The zero-order chi connectivity index (χ0) is 9.97. The molecule has 0 bridgehead atoms. The number of hydrogen-bond acceptors (Lipinski definition) is 1. The van der Waals surface area contributed by atoms with Gasteiger partial charge in [0.25, 0.3) is 0 Å². The van der Waals surface area contributed by atoms with Crippen LogP contribution in [0.3, 0.4) is 0 Å². The number of nitrogens with zero attached hydrogens (tertiary/aromatic N) is 1. The lowest BCUT2D eigenvalue weighted by Gasteiger charge is -2.33. The van der Waals surface area contributed by atoms with Gasteiger partial charge >= 0.3 is 0 Å². The number of nitrogens with one attached hydrogen (secondary N) is 1. The van der Waals surface area contributed by atoms with E-state index in [9.17, 15) is 0 Å². The molecule has 0 aliphatic heterocycles. The van der Waals surface area contributed by atoms with Crippen LogP contribution in [0.2, 0.25) is 0 Å². The predicted molar refractivity (Wildman–Crippen MR) is 58.0 cm³/mol. The number of aromatic nitrogens is 2. The quantitative estimate of drug-likeness (QED) is 0.766. The van der Waals surface area contributed by atoms with Crippen LogP contribution in [0, 0.1) is 17.8 Å². The molecular weight excluding hydrogens is 172 g/mol. The average molecular weight is 192 g/mol. The third-order valence-corrected chi connectivity index (χ3v) is 3.90. The summed E-state index contributed by atoms with van der Waals surface area (Å²) in [6.45, 7) is 4.79. The molecule has 1 N–H and O–H groups in total.